The fraction of sp³-hybridized carbons (Fsp3) is 0.647. The topological polar surface area (TPSA) is 20.2 Å². The molecule has 1 N–H and O–H groups in total. The van der Waals surface area contributed by atoms with E-state index < -0.39 is 17.7 Å². The molecule has 112 valence electrons. The summed E-state index contributed by atoms with van der Waals surface area (Å²) < 4.78 is 27.5. The minimum Gasteiger partial charge on any atom is -0.388 e. The van der Waals surface area contributed by atoms with Gasteiger partial charge in [-0.25, -0.2) is 8.78 Å². The Morgan fingerprint density at radius 2 is 1.80 bits per heavy atom. The van der Waals surface area contributed by atoms with E-state index in [0.717, 1.165) is 31.6 Å². The summed E-state index contributed by atoms with van der Waals surface area (Å²) in [6.45, 7) is 3.72. The molecule has 1 aliphatic carbocycles. The molecule has 1 nitrogen and oxygen atoms in total. The molecule has 1 fully saturated rings. The second kappa shape index (κ2) is 6.66. The molecule has 0 radical (unpaired) electrons. The number of aryl methyl sites for hydroxylation is 1. The van der Waals surface area contributed by atoms with Crippen molar-refractivity contribution >= 4 is 0 Å². The fourth-order valence-corrected chi connectivity index (χ4v) is 3.34. The van der Waals surface area contributed by atoms with Crippen LogP contribution in [0.25, 0.3) is 0 Å². The average molecular weight is 282 g/mol. The highest BCUT2D eigenvalue weighted by Crippen LogP contribution is 2.39. The van der Waals surface area contributed by atoms with Gasteiger partial charge in [-0.1, -0.05) is 44.7 Å². The van der Waals surface area contributed by atoms with Gasteiger partial charge in [-0.3, -0.25) is 0 Å². The van der Waals surface area contributed by atoms with Gasteiger partial charge in [-0.2, -0.15) is 0 Å². The van der Waals surface area contributed by atoms with Crippen molar-refractivity contribution in [3.63, 3.8) is 0 Å². The SMILES string of the molecule is CCCC1CCC(C(O)c2ccc(C)c(F)c2F)CC1. The van der Waals surface area contributed by atoms with Crippen LogP contribution < -0.4 is 0 Å². The number of aliphatic hydroxyl groups excluding tert-OH is 1. The van der Waals surface area contributed by atoms with Crippen LogP contribution in [0.2, 0.25) is 0 Å². The van der Waals surface area contributed by atoms with Gasteiger partial charge >= 0.3 is 0 Å². The number of rotatable bonds is 4. The predicted molar refractivity (Wildman–Crippen MR) is 76.4 cm³/mol. The molecule has 2 rings (SSSR count). The fourth-order valence-electron chi connectivity index (χ4n) is 3.34. The Hall–Kier alpha value is -0.960. The lowest BCUT2D eigenvalue weighted by Gasteiger charge is -2.31. The van der Waals surface area contributed by atoms with Crippen LogP contribution in [0, 0.1) is 30.4 Å². The van der Waals surface area contributed by atoms with Crippen LogP contribution in [-0.4, -0.2) is 5.11 Å². The summed E-state index contributed by atoms with van der Waals surface area (Å²) in [6.07, 6.45) is 5.53. The summed E-state index contributed by atoms with van der Waals surface area (Å²) in [5.74, 6) is -0.919. The summed E-state index contributed by atoms with van der Waals surface area (Å²) in [5.41, 5.74) is 0.400. The minimum atomic E-state index is -0.882. The van der Waals surface area contributed by atoms with Crippen molar-refractivity contribution < 1.29 is 13.9 Å². The Labute approximate surface area is 120 Å². The molecule has 1 aromatic rings. The molecular formula is C17H24F2O. The first-order chi connectivity index (χ1) is 9.54. The maximum atomic E-state index is 13.9. The van der Waals surface area contributed by atoms with Gasteiger partial charge in [0.25, 0.3) is 0 Å². The lowest BCUT2D eigenvalue weighted by molar-refractivity contribution is 0.0687. The van der Waals surface area contributed by atoms with Gasteiger partial charge < -0.3 is 5.11 Å². The Morgan fingerprint density at radius 1 is 1.15 bits per heavy atom. The second-order valence-electron chi connectivity index (χ2n) is 6.11. The van der Waals surface area contributed by atoms with E-state index in [1.54, 1.807) is 6.07 Å². The van der Waals surface area contributed by atoms with Gasteiger partial charge in [-0.15, -0.1) is 0 Å². The van der Waals surface area contributed by atoms with E-state index in [0.29, 0.717) is 0 Å². The molecule has 1 unspecified atom stereocenters. The van der Waals surface area contributed by atoms with Crippen LogP contribution >= 0.6 is 0 Å². The first-order valence-electron chi connectivity index (χ1n) is 7.67. The van der Waals surface area contributed by atoms with Crippen LogP contribution in [0.5, 0.6) is 0 Å². The van der Waals surface area contributed by atoms with Gasteiger partial charge in [-0.05, 0) is 37.2 Å². The van der Waals surface area contributed by atoms with Crippen molar-refractivity contribution in [2.24, 2.45) is 11.8 Å². The summed E-state index contributed by atoms with van der Waals surface area (Å²) in [4.78, 5) is 0. The molecule has 1 aliphatic rings. The third kappa shape index (κ3) is 3.20. The van der Waals surface area contributed by atoms with Crippen molar-refractivity contribution in [2.75, 3.05) is 0 Å². The van der Waals surface area contributed by atoms with Gasteiger partial charge in [0.15, 0.2) is 11.6 Å². The number of hydrogen-bond donors (Lipinski definition) is 1. The van der Waals surface area contributed by atoms with Crippen LogP contribution in [-0.2, 0) is 0 Å². The lowest BCUT2D eigenvalue weighted by atomic mass is 9.76. The van der Waals surface area contributed by atoms with Gasteiger partial charge in [0, 0.05) is 5.56 Å². The number of aliphatic hydroxyl groups is 1. The first-order valence-corrected chi connectivity index (χ1v) is 7.67. The average Bonchev–Trinajstić information content (AvgIpc) is 2.45. The zero-order valence-electron chi connectivity index (χ0n) is 12.3. The molecule has 1 saturated carbocycles. The molecule has 0 aromatic heterocycles. The van der Waals surface area contributed by atoms with Crippen molar-refractivity contribution in [1.82, 2.24) is 0 Å². The summed E-state index contributed by atoms with van der Waals surface area (Å²) in [5, 5.41) is 10.4. The monoisotopic (exact) mass is 282 g/mol. The maximum Gasteiger partial charge on any atom is 0.164 e. The third-order valence-electron chi connectivity index (χ3n) is 4.66. The molecule has 0 saturated heterocycles. The quantitative estimate of drug-likeness (QED) is 0.831. The molecular weight excluding hydrogens is 258 g/mol. The minimum absolute atomic E-state index is 0.0553. The summed E-state index contributed by atoms with van der Waals surface area (Å²) in [6, 6.07) is 3.07. The Bertz CT molecular complexity index is 451. The molecule has 3 heteroatoms. The van der Waals surface area contributed by atoms with E-state index in [1.165, 1.54) is 25.8 Å². The second-order valence-corrected chi connectivity index (χ2v) is 6.11. The lowest BCUT2D eigenvalue weighted by Crippen LogP contribution is -2.21. The van der Waals surface area contributed by atoms with Crippen molar-refractivity contribution in [3.05, 3.63) is 34.9 Å². The zero-order valence-corrected chi connectivity index (χ0v) is 12.3. The first kappa shape index (κ1) is 15.4. The molecule has 0 bridgehead atoms. The van der Waals surface area contributed by atoms with Crippen LogP contribution in [0.3, 0.4) is 0 Å². The van der Waals surface area contributed by atoms with E-state index >= 15 is 0 Å². The smallest absolute Gasteiger partial charge is 0.164 e. The number of hydrogen-bond acceptors (Lipinski definition) is 1. The van der Waals surface area contributed by atoms with Crippen LogP contribution in [0.15, 0.2) is 12.1 Å². The number of halogens is 2. The molecule has 1 aromatic carbocycles. The van der Waals surface area contributed by atoms with Gasteiger partial charge in [0.1, 0.15) is 0 Å². The van der Waals surface area contributed by atoms with Crippen LogP contribution in [0.1, 0.15) is 62.7 Å². The largest absolute Gasteiger partial charge is 0.388 e. The highest BCUT2D eigenvalue weighted by atomic mass is 19.2. The molecule has 0 heterocycles. The van der Waals surface area contributed by atoms with Crippen molar-refractivity contribution in [1.29, 1.82) is 0 Å². The maximum absolute atomic E-state index is 13.9. The highest BCUT2D eigenvalue weighted by molar-refractivity contribution is 5.27. The van der Waals surface area contributed by atoms with Crippen molar-refractivity contribution in [3.8, 4) is 0 Å². The molecule has 0 spiro atoms. The normalized spacial score (nSPS) is 24.6. The van der Waals surface area contributed by atoms with E-state index in [1.807, 2.05) is 0 Å². The molecule has 0 amide bonds. The van der Waals surface area contributed by atoms with E-state index in [9.17, 15) is 13.9 Å². The molecule has 20 heavy (non-hydrogen) atoms. The predicted octanol–water partition coefficient (Wildman–Crippen LogP) is 4.91. The highest BCUT2D eigenvalue weighted by Gasteiger charge is 2.29. The Morgan fingerprint density at radius 3 is 2.40 bits per heavy atom. The molecule has 0 aliphatic heterocycles. The number of benzene rings is 1. The molecule has 1 atom stereocenters. The Kier molecular flexibility index (Phi) is 5.14. The standard InChI is InChI=1S/C17H24F2O/c1-3-4-12-6-8-13(9-7-12)17(20)14-10-5-11(2)15(18)16(14)19/h5,10,12-13,17,20H,3-4,6-9H2,1-2H3. The summed E-state index contributed by atoms with van der Waals surface area (Å²) in [7, 11) is 0. The Balaban J connectivity index is 2.06. The zero-order chi connectivity index (χ0) is 14.7. The third-order valence-corrected chi connectivity index (χ3v) is 4.66. The van der Waals surface area contributed by atoms with Gasteiger partial charge in [0.05, 0.1) is 6.10 Å². The van der Waals surface area contributed by atoms with E-state index in [2.05, 4.69) is 6.92 Å². The van der Waals surface area contributed by atoms with Gasteiger partial charge in [0.2, 0.25) is 0 Å². The van der Waals surface area contributed by atoms with Crippen LogP contribution in [0.4, 0.5) is 8.78 Å². The summed E-state index contributed by atoms with van der Waals surface area (Å²) >= 11 is 0. The van der Waals surface area contributed by atoms with Crippen molar-refractivity contribution in [2.45, 2.75) is 58.5 Å². The van der Waals surface area contributed by atoms with E-state index in [-0.39, 0.29) is 17.0 Å². The van der Waals surface area contributed by atoms with E-state index in [4.69, 9.17) is 0 Å².